The quantitative estimate of drug-likeness (QED) is 0.723. The van der Waals surface area contributed by atoms with Gasteiger partial charge in [-0.1, -0.05) is 35.6 Å². The number of anilines is 1. The van der Waals surface area contributed by atoms with Crippen LogP contribution in [0.4, 0.5) is 5.82 Å². The minimum atomic E-state index is 0.285. The molecule has 2 aromatic rings. The average Bonchev–Trinajstić information content (AvgIpc) is 2.30. The number of nitrogens with two attached hydrogens (primary N) is 1. The first kappa shape index (κ1) is 11.4. The lowest BCUT2D eigenvalue weighted by molar-refractivity contribution is 1.04. The second-order valence-electron chi connectivity index (χ2n) is 3.59. The molecule has 0 unspecified atom stereocenters. The van der Waals surface area contributed by atoms with Crippen LogP contribution in [0.1, 0.15) is 16.7 Å². The molecule has 2 N–H and O–H groups in total. The first-order chi connectivity index (χ1) is 8.15. The predicted octanol–water partition coefficient (Wildman–Crippen LogP) is 2.42. The molecule has 0 radical (unpaired) electrons. The van der Waals surface area contributed by atoms with E-state index in [0.717, 1.165) is 11.1 Å². The highest BCUT2D eigenvalue weighted by atomic mass is 35.5. The van der Waals surface area contributed by atoms with Gasteiger partial charge in [0.15, 0.2) is 11.0 Å². The molecule has 0 bridgehead atoms. The second-order valence-corrected chi connectivity index (χ2v) is 3.97. The van der Waals surface area contributed by atoms with Crippen LogP contribution >= 0.6 is 11.6 Å². The van der Waals surface area contributed by atoms with E-state index in [-0.39, 0.29) is 11.0 Å². The molecule has 84 valence electrons. The van der Waals surface area contributed by atoms with Crippen LogP contribution in [-0.4, -0.2) is 10.2 Å². The van der Waals surface area contributed by atoms with Crippen molar-refractivity contribution in [1.82, 2.24) is 10.2 Å². The number of aryl methyl sites for hydroxylation is 1. The molecule has 0 aliphatic carbocycles. The van der Waals surface area contributed by atoms with Gasteiger partial charge in [0.1, 0.15) is 0 Å². The molecule has 0 amide bonds. The Kier molecular flexibility index (Phi) is 3.27. The number of rotatable bonds is 0. The van der Waals surface area contributed by atoms with Crippen molar-refractivity contribution in [2.45, 2.75) is 6.92 Å². The maximum absolute atomic E-state index is 5.73. The zero-order valence-corrected chi connectivity index (χ0v) is 9.99. The van der Waals surface area contributed by atoms with Crippen molar-refractivity contribution in [2.24, 2.45) is 0 Å². The van der Waals surface area contributed by atoms with Gasteiger partial charge in [0, 0.05) is 5.56 Å². The Morgan fingerprint density at radius 3 is 2.76 bits per heavy atom. The number of nitrogens with zero attached hydrogens (tertiary/aromatic N) is 2. The Morgan fingerprint density at radius 1 is 1.18 bits per heavy atom. The fraction of sp³-hybridized carbons (Fsp3) is 0.0769. The largest absolute Gasteiger partial charge is 0.381 e. The highest BCUT2D eigenvalue weighted by Gasteiger charge is 1.99. The van der Waals surface area contributed by atoms with Crippen molar-refractivity contribution in [2.75, 3.05) is 5.73 Å². The third-order valence-corrected chi connectivity index (χ3v) is 2.34. The fourth-order valence-corrected chi connectivity index (χ4v) is 1.49. The van der Waals surface area contributed by atoms with Gasteiger partial charge in [0.2, 0.25) is 0 Å². The molecule has 0 aliphatic heterocycles. The van der Waals surface area contributed by atoms with E-state index in [1.165, 1.54) is 0 Å². The molecule has 4 heteroatoms. The van der Waals surface area contributed by atoms with E-state index < -0.39 is 0 Å². The first-order valence-corrected chi connectivity index (χ1v) is 5.40. The Hall–Kier alpha value is -2.05. The summed E-state index contributed by atoms with van der Waals surface area (Å²) in [7, 11) is 0. The lowest BCUT2D eigenvalue weighted by atomic mass is 10.1. The molecule has 0 atom stereocenters. The number of hydrogen-bond donors (Lipinski definition) is 1. The van der Waals surface area contributed by atoms with Crippen molar-refractivity contribution in [1.29, 1.82) is 0 Å². The van der Waals surface area contributed by atoms with Gasteiger partial charge in [-0.25, -0.2) is 0 Å². The highest BCUT2D eigenvalue weighted by molar-refractivity contribution is 6.29. The lowest BCUT2D eigenvalue weighted by Gasteiger charge is -1.96. The van der Waals surface area contributed by atoms with Crippen molar-refractivity contribution >= 4 is 17.4 Å². The molecule has 1 aromatic carbocycles. The summed E-state index contributed by atoms with van der Waals surface area (Å²) in [5.74, 6) is 6.24. The summed E-state index contributed by atoms with van der Waals surface area (Å²) < 4.78 is 0. The molecule has 0 saturated carbocycles. The van der Waals surface area contributed by atoms with Crippen LogP contribution in [0.5, 0.6) is 0 Å². The third-order valence-electron chi connectivity index (χ3n) is 2.15. The SMILES string of the molecule is Cc1cccc(C#Cc2cc(Cl)nnc2N)c1. The standard InChI is InChI=1S/C13H10ClN3/c1-9-3-2-4-10(7-9)5-6-11-8-12(14)16-17-13(11)15/h2-4,7-8H,1H3,(H2,15,17). The van der Waals surface area contributed by atoms with Gasteiger partial charge in [-0.05, 0) is 30.7 Å². The van der Waals surface area contributed by atoms with Gasteiger partial charge < -0.3 is 5.73 Å². The van der Waals surface area contributed by atoms with Gasteiger partial charge in [0.25, 0.3) is 0 Å². The van der Waals surface area contributed by atoms with E-state index in [0.29, 0.717) is 5.56 Å². The van der Waals surface area contributed by atoms with Crippen LogP contribution < -0.4 is 5.73 Å². The van der Waals surface area contributed by atoms with Crippen LogP contribution in [0.2, 0.25) is 5.15 Å². The Morgan fingerprint density at radius 2 is 2.00 bits per heavy atom. The van der Waals surface area contributed by atoms with Crippen molar-refractivity contribution in [3.05, 3.63) is 52.2 Å². The van der Waals surface area contributed by atoms with Crippen LogP contribution in [-0.2, 0) is 0 Å². The maximum atomic E-state index is 5.73. The van der Waals surface area contributed by atoms with Gasteiger partial charge >= 0.3 is 0 Å². The summed E-state index contributed by atoms with van der Waals surface area (Å²) in [5, 5.41) is 7.62. The minimum Gasteiger partial charge on any atom is -0.381 e. The Labute approximate surface area is 105 Å². The van der Waals surface area contributed by atoms with Gasteiger partial charge in [-0.2, -0.15) is 0 Å². The molecule has 0 spiro atoms. The van der Waals surface area contributed by atoms with E-state index in [4.69, 9.17) is 17.3 Å². The summed E-state index contributed by atoms with van der Waals surface area (Å²) in [5.41, 5.74) is 8.33. The highest BCUT2D eigenvalue weighted by Crippen LogP contribution is 2.11. The summed E-state index contributed by atoms with van der Waals surface area (Å²) in [6.45, 7) is 2.02. The molecule has 0 aliphatic rings. The number of benzene rings is 1. The summed E-state index contributed by atoms with van der Waals surface area (Å²) in [6, 6.07) is 9.52. The molecule has 17 heavy (non-hydrogen) atoms. The Balaban J connectivity index is 2.36. The Bertz CT molecular complexity index is 612. The van der Waals surface area contributed by atoms with E-state index in [9.17, 15) is 0 Å². The number of aromatic nitrogens is 2. The van der Waals surface area contributed by atoms with Crippen molar-refractivity contribution < 1.29 is 0 Å². The second kappa shape index (κ2) is 4.86. The zero-order valence-electron chi connectivity index (χ0n) is 9.24. The van der Waals surface area contributed by atoms with Crippen LogP contribution in [0, 0.1) is 18.8 Å². The van der Waals surface area contributed by atoms with Crippen molar-refractivity contribution in [3.8, 4) is 11.8 Å². The zero-order chi connectivity index (χ0) is 12.3. The number of halogens is 1. The van der Waals surface area contributed by atoms with E-state index in [2.05, 4.69) is 22.0 Å². The monoisotopic (exact) mass is 243 g/mol. The number of nitrogen functional groups attached to an aromatic ring is 1. The predicted molar refractivity (Wildman–Crippen MR) is 68.6 cm³/mol. The van der Waals surface area contributed by atoms with E-state index in [1.807, 2.05) is 31.2 Å². The molecule has 3 nitrogen and oxygen atoms in total. The lowest BCUT2D eigenvalue weighted by Crippen LogP contribution is -1.96. The molecule has 1 aromatic heterocycles. The fourth-order valence-electron chi connectivity index (χ4n) is 1.34. The summed E-state index contributed by atoms with van der Waals surface area (Å²) in [6.07, 6.45) is 0. The van der Waals surface area contributed by atoms with Crippen LogP contribution in [0.15, 0.2) is 30.3 Å². The summed E-state index contributed by atoms with van der Waals surface area (Å²) >= 11 is 5.73. The molecular formula is C13H10ClN3. The van der Waals surface area contributed by atoms with Gasteiger partial charge in [0.05, 0.1) is 5.56 Å². The first-order valence-electron chi connectivity index (χ1n) is 5.02. The smallest absolute Gasteiger partial charge is 0.162 e. The normalized spacial score (nSPS) is 9.53. The van der Waals surface area contributed by atoms with Crippen molar-refractivity contribution in [3.63, 3.8) is 0 Å². The van der Waals surface area contributed by atoms with Crippen LogP contribution in [0.25, 0.3) is 0 Å². The topological polar surface area (TPSA) is 51.8 Å². The maximum Gasteiger partial charge on any atom is 0.162 e. The molecular weight excluding hydrogens is 234 g/mol. The molecule has 1 heterocycles. The van der Waals surface area contributed by atoms with E-state index >= 15 is 0 Å². The van der Waals surface area contributed by atoms with Gasteiger partial charge in [-0.3, -0.25) is 0 Å². The van der Waals surface area contributed by atoms with E-state index in [1.54, 1.807) is 6.07 Å². The van der Waals surface area contributed by atoms with Crippen LogP contribution in [0.3, 0.4) is 0 Å². The molecule has 0 saturated heterocycles. The van der Waals surface area contributed by atoms with Gasteiger partial charge in [-0.15, -0.1) is 10.2 Å². The molecule has 2 rings (SSSR count). The molecule has 0 fully saturated rings. The third kappa shape index (κ3) is 2.96. The average molecular weight is 244 g/mol. The minimum absolute atomic E-state index is 0.285. The number of hydrogen-bond acceptors (Lipinski definition) is 3. The summed E-state index contributed by atoms with van der Waals surface area (Å²) in [4.78, 5) is 0.